The molecule has 1 N–H and O–H groups in total. The zero-order valence-corrected chi connectivity index (χ0v) is 12.3. The van der Waals surface area contributed by atoms with Crippen molar-refractivity contribution in [2.24, 2.45) is 0 Å². The smallest absolute Gasteiger partial charge is 0.154 e. The van der Waals surface area contributed by atoms with Crippen molar-refractivity contribution in [2.75, 3.05) is 31.8 Å². The summed E-state index contributed by atoms with van der Waals surface area (Å²) in [6.07, 6.45) is 1.12. The van der Waals surface area contributed by atoms with Crippen molar-refractivity contribution in [2.45, 2.75) is 44.9 Å². The average Bonchev–Trinajstić information content (AvgIpc) is 2.58. The molecule has 0 aliphatic carbocycles. The van der Waals surface area contributed by atoms with E-state index in [0.29, 0.717) is 19.2 Å². The molecule has 0 amide bonds. The number of hydrogen-bond acceptors (Lipinski definition) is 5. The van der Waals surface area contributed by atoms with Gasteiger partial charge in [-0.15, -0.1) is 0 Å². The Morgan fingerprint density at radius 2 is 1.94 bits per heavy atom. The molecule has 1 fully saturated rings. The third-order valence-corrected chi connectivity index (χ3v) is 5.38. The van der Waals surface area contributed by atoms with Crippen molar-refractivity contribution in [1.82, 2.24) is 4.90 Å². The van der Waals surface area contributed by atoms with Crippen LogP contribution < -0.4 is 0 Å². The van der Waals surface area contributed by atoms with E-state index in [1.807, 2.05) is 0 Å². The molecule has 2 unspecified atom stereocenters. The highest BCUT2D eigenvalue weighted by molar-refractivity contribution is 7.91. The number of ether oxygens (including phenoxy) is 1. The van der Waals surface area contributed by atoms with Crippen molar-refractivity contribution < 1.29 is 18.3 Å². The van der Waals surface area contributed by atoms with E-state index < -0.39 is 15.9 Å². The summed E-state index contributed by atoms with van der Waals surface area (Å²) < 4.78 is 28.3. The Labute approximate surface area is 110 Å². The SMILES string of the molecule is CCC(CC)N(CCOC)C1CS(=O)(=O)CC1O. The maximum absolute atomic E-state index is 11.6. The quantitative estimate of drug-likeness (QED) is 0.725. The molecule has 1 heterocycles. The molecule has 0 aromatic rings. The van der Waals surface area contributed by atoms with Gasteiger partial charge in [0.1, 0.15) is 0 Å². The van der Waals surface area contributed by atoms with E-state index in [2.05, 4.69) is 18.7 Å². The predicted molar refractivity (Wildman–Crippen MR) is 71.4 cm³/mol. The fraction of sp³-hybridized carbons (Fsp3) is 1.00. The van der Waals surface area contributed by atoms with Crippen LogP contribution in [0.5, 0.6) is 0 Å². The summed E-state index contributed by atoms with van der Waals surface area (Å²) in [5.41, 5.74) is 0. The standard InChI is InChI=1S/C12H25NO4S/c1-4-10(5-2)13(6-7-17-3)11-8-18(15,16)9-12(11)14/h10-12,14H,4-9H2,1-3H3. The van der Waals surface area contributed by atoms with E-state index in [0.717, 1.165) is 12.8 Å². The van der Waals surface area contributed by atoms with Gasteiger partial charge in [-0.1, -0.05) is 13.8 Å². The van der Waals surface area contributed by atoms with Crippen LogP contribution in [-0.2, 0) is 14.6 Å². The lowest BCUT2D eigenvalue weighted by molar-refractivity contribution is 0.0317. The first-order valence-corrected chi connectivity index (χ1v) is 8.40. The summed E-state index contributed by atoms with van der Waals surface area (Å²) in [4.78, 5) is 2.11. The number of sulfone groups is 1. The van der Waals surface area contributed by atoms with Crippen LogP contribution in [0.3, 0.4) is 0 Å². The number of methoxy groups -OCH3 is 1. The molecule has 0 aromatic heterocycles. The fourth-order valence-corrected chi connectivity index (χ4v) is 4.51. The largest absolute Gasteiger partial charge is 0.390 e. The highest BCUT2D eigenvalue weighted by atomic mass is 32.2. The predicted octanol–water partition coefficient (Wildman–Crippen LogP) is 0.281. The Morgan fingerprint density at radius 3 is 2.33 bits per heavy atom. The summed E-state index contributed by atoms with van der Waals surface area (Å²) >= 11 is 0. The zero-order valence-electron chi connectivity index (χ0n) is 11.5. The van der Waals surface area contributed by atoms with Crippen molar-refractivity contribution >= 4 is 9.84 Å². The molecule has 1 aliphatic heterocycles. The Balaban J connectivity index is 2.82. The van der Waals surface area contributed by atoms with E-state index >= 15 is 0 Å². The molecular weight excluding hydrogens is 254 g/mol. The molecule has 0 aromatic carbocycles. The molecule has 0 saturated carbocycles. The first-order chi connectivity index (χ1) is 8.45. The monoisotopic (exact) mass is 279 g/mol. The van der Waals surface area contributed by atoms with Gasteiger partial charge in [0.2, 0.25) is 0 Å². The summed E-state index contributed by atoms with van der Waals surface area (Å²) in [5, 5.41) is 9.97. The Bertz CT molecular complexity index is 340. The third kappa shape index (κ3) is 3.91. The van der Waals surface area contributed by atoms with Gasteiger partial charge in [0, 0.05) is 19.7 Å². The molecule has 5 nitrogen and oxygen atoms in total. The van der Waals surface area contributed by atoms with Crippen molar-refractivity contribution in [3.63, 3.8) is 0 Å². The fourth-order valence-electron chi connectivity index (χ4n) is 2.70. The minimum absolute atomic E-state index is 0.0639. The summed E-state index contributed by atoms with van der Waals surface area (Å²) in [7, 11) is -1.47. The summed E-state index contributed by atoms with van der Waals surface area (Å²) in [6.45, 7) is 5.40. The second kappa shape index (κ2) is 6.84. The van der Waals surface area contributed by atoms with Crippen LogP contribution in [0, 0.1) is 0 Å². The summed E-state index contributed by atoms with van der Waals surface area (Å²) in [5.74, 6) is -0.0460. The van der Waals surface area contributed by atoms with E-state index in [9.17, 15) is 13.5 Å². The highest BCUT2D eigenvalue weighted by Gasteiger charge is 2.41. The lowest BCUT2D eigenvalue weighted by Gasteiger charge is -2.36. The van der Waals surface area contributed by atoms with Crippen LogP contribution in [-0.4, -0.2) is 68.4 Å². The van der Waals surface area contributed by atoms with Gasteiger partial charge in [0.05, 0.1) is 30.3 Å². The van der Waals surface area contributed by atoms with Gasteiger partial charge in [-0.3, -0.25) is 4.90 Å². The average molecular weight is 279 g/mol. The van der Waals surface area contributed by atoms with Crippen LogP contribution in [0.1, 0.15) is 26.7 Å². The number of nitrogens with zero attached hydrogens (tertiary/aromatic N) is 1. The number of rotatable bonds is 7. The van der Waals surface area contributed by atoms with E-state index in [1.54, 1.807) is 7.11 Å². The zero-order chi connectivity index (χ0) is 13.8. The second-order valence-corrected chi connectivity index (χ2v) is 7.07. The van der Waals surface area contributed by atoms with E-state index in [-0.39, 0.29) is 17.5 Å². The van der Waals surface area contributed by atoms with Gasteiger partial charge in [-0.25, -0.2) is 8.42 Å². The number of aliphatic hydroxyl groups is 1. The molecule has 1 saturated heterocycles. The Hall–Kier alpha value is -0.170. The molecule has 1 rings (SSSR count). The molecule has 108 valence electrons. The first-order valence-electron chi connectivity index (χ1n) is 6.58. The topological polar surface area (TPSA) is 66.8 Å². The number of aliphatic hydroxyl groups excluding tert-OH is 1. The van der Waals surface area contributed by atoms with Gasteiger partial charge < -0.3 is 9.84 Å². The lowest BCUT2D eigenvalue weighted by atomic mass is 10.1. The van der Waals surface area contributed by atoms with Gasteiger partial charge >= 0.3 is 0 Å². The van der Waals surface area contributed by atoms with Crippen LogP contribution in [0.2, 0.25) is 0 Å². The molecule has 0 bridgehead atoms. The van der Waals surface area contributed by atoms with Crippen LogP contribution in [0.15, 0.2) is 0 Å². The molecular formula is C12H25NO4S. The molecule has 2 atom stereocenters. The molecule has 6 heteroatoms. The highest BCUT2D eigenvalue weighted by Crippen LogP contribution is 2.22. The first kappa shape index (κ1) is 15.9. The Morgan fingerprint density at radius 1 is 1.33 bits per heavy atom. The van der Waals surface area contributed by atoms with Crippen LogP contribution in [0.4, 0.5) is 0 Å². The van der Waals surface area contributed by atoms with Gasteiger partial charge in [0.15, 0.2) is 9.84 Å². The third-order valence-electron chi connectivity index (χ3n) is 3.68. The Kier molecular flexibility index (Phi) is 6.04. The molecule has 1 aliphatic rings. The maximum atomic E-state index is 11.6. The van der Waals surface area contributed by atoms with Gasteiger partial charge in [0.25, 0.3) is 0 Å². The van der Waals surface area contributed by atoms with Crippen molar-refractivity contribution in [3.8, 4) is 0 Å². The van der Waals surface area contributed by atoms with E-state index in [1.165, 1.54) is 0 Å². The van der Waals surface area contributed by atoms with Gasteiger partial charge in [-0.05, 0) is 12.8 Å². The number of hydrogen-bond donors (Lipinski definition) is 1. The van der Waals surface area contributed by atoms with Crippen molar-refractivity contribution in [1.29, 1.82) is 0 Å². The second-order valence-electron chi connectivity index (χ2n) is 4.91. The summed E-state index contributed by atoms with van der Waals surface area (Å²) in [6, 6.07) is 0.0168. The van der Waals surface area contributed by atoms with Gasteiger partial charge in [-0.2, -0.15) is 0 Å². The lowest BCUT2D eigenvalue weighted by Crippen LogP contribution is -2.49. The molecule has 0 radical (unpaired) electrons. The minimum atomic E-state index is -3.10. The maximum Gasteiger partial charge on any atom is 0.154 e. The van der Waals surface area contributed by atoms with Crippen molar-refractivity contribution in [3.05, 3.63) is 0 Å². The normalized spacial score (nSPS) is 27.2. The van der Waals surface area contributed by atoms with Crippen LogP contribution in [0.25, 0.3) is 0 Å². The molecule has 0 spiro atoms. The van der Waals surface area contributed by atoms with Crippen LogP contribution >= 0.6 is 0 Å². The molecule has 18 heavy (non-hydrogen) atoms. The van der Waals surface area contributed by atoms with E-state index in [4.69, 9.17) is 4.74 Å². The minimum Gasteiger partial charge on any atom is -0.390 e.